The minimum absolute atomic E-state index is 0.0541. The van der Waals surface area contributed by atoms with Gasteiger partial charge in [-0.25, -0.2) is 4.39 Å². The van der Waals surface area contributed by atoms with Crippen molar-refractivity contribution in [1.29, 1.82) is 0 Å². The summed E-state index contributed by atoms with van der Waals surface area (Å²) >= 11 is 1.34. The normalized spacial score (nSPS) is 16.0. The fourth-order valence-corrected chi connectivity index (χ4v) is 3.40. The van der Waals surface area contributed by atoms with Crippen molar-refractivity contribution in [2.45, 2.75) is 6.54 Å². The molecule has 1 aliphatic heterocycles. The first kappa shape index (κ1) is 16.5. The van der Waals surface area contributed by atoms with Gasteiger partial charge in [0.25, 0.3) is 0 Å². The first-order chi connectivity index (χ1) is 12.7. The van der Waals surface area contributed by atoms with Crippen LogP contribution >= 0.6 is 11.8 Å². The molecule has 2 heterocycles. The maximum atomic E-state index is 13.9. The highest BCUT2D eigenvalue weighted by Crippen LogP contribution is 2.19. The topological polar surface area (TPSA) is 58.8 Å². The zero-order valence-corrected chi connectivity index (χ0v) is 14.5. The Labute approximate surface area is 153 Å². The third kappa shape index (κ3) is 3.52. The van der Waals surface area contributed by atoms with Crippen molar-refractivity contribution in [2.24, 2.45) is 10.2 Å². The van der Waals surface area contributed by atoms with E-state index in [2.05, 4.69) is 15.5 Å². The summed E-state index contributed by atoms with van der Waals surface area (Å²) in [5.41, 5.74) is 2.58. The molecule has 3 aromatic rings. The monoisotopic (exact) mass is 366 g/mol. The van der Waals surface area contributed by atoms with E-state index in [0.717, 1.165) is 16.5 Å². The second-order valence-corrected chi connectivity index (χ2v) is 6.80. The molecule has 1 aromatic heterocycles. The van der Waals surface area contributed by atoms with E-state index in [1.807, 2.05) is 41.1 Å². The molecule has 26 heavy (non-hydrogen) atoms. The van der Waals surface area contributed by atoms with Crippen LogP contribution in [0.25, 0.3) is 10.9 Å². The maximum Gasteiger partial charge on any atom is 0.236 e. The van der Waals surface area contributed by atoms with Crippen LogP contribution in [0.2, 0.25) is 0 Å². The largest absolute Gasteiger partial charge is 0.343 e. The zero-order valence-electron chi connectivity index (χ0n) is 13.7. The fraction of sp³-hybridized carbons (Fsp3) is 0.105. The van der Waals surface area contributed by atoms with Gasteiger partial charge in [-0.3, -0.25) is 4.79 Å². The van der Waals surface area contributed by atoms with Gasteiger partial charge in [0, 0.05) is 22.7 Å². The highest BCUT2D eigenvalue weighted by atomic mass is 32.2. The minimum atomic E-state index is -0.200. The highest BCUT2D eigenvalue weighted by molar-refractivity contribution is 8.15. The molecule has 0 saturated carbocycles. The Morgan fingerprint density at radius 1 is 1.23 bits per heavy atom. The Morgan fingerprint density at radius 3 is 2.92 bits per heavy atom. The highest BCUT2D eigenvalue weighted by Gasteiger charge is 2.15. The average Bonchev–Trinajstić information content (AvgIpc) is 3.23. The summed E-state index contributed by atoms with van der Waals surface area (Å²) < 4.78 is 15.9. The molecular formula is C19H15FN4OS. The van der Waals surface area contributed by atoms with Gasteiger partial charge in [-0.1, -0.05) is 36.0 Å². The summed E-state index contributed by atoms with van der Waals surface area (Å²) in [5, 5.41) is 12.2. The molecule has 5 nitrogen and oxygen atoms in total. The van der Waals surface area contributed by atoms with E-state index in [9.17, 15) is 9.18 Å². The number of thioether (sulfide) groups is 1. The zero-order chi connectivity index (χ0) is 17.9. The summed E-state index contributed by atoms with van der Waals surface area (Å²) in [4.78, 5) is 11.1. The maximum absolute atomic E-state index is 13.9. The molecule has 0 radical (unpaired) electrons. The van der Waals surface area contributed by atoms with E-state index in [4.69, 9.17) is 0 Å². The SMILES string of the molecule is O=C1CSC(=NN=Cc2ccc3c(ccn3Cc3ccccc3F)c2)N1. The smallest absolute Gasteiger partial charge is 0.236 e. The number of halogens is 1. The van der Waals surface area contributed by atoms with Crippen molar-refractivity contribution in [3.8, 4) is 0 Å². The lowest BCUT2D eigenvalue weighted by molar-refractivity contribution is -0.116. The van der Waals surface area contributed by atoms with Crippen LogP contribution in [0.4, 0.5) is 4.39 Å². The van der Waals surface area contributed by atoms with Crippen LogP contribution in [-0.4, -0.2) is 27.6 Å². The lowest BCUT2D eigenvalue weighted by atomic mass is 10.1. The average molecular weight is 366 g/mol. The van der Waals surface area contributed by atoms with Crippen molar-refractivity contribution in [1.82, 2.24) is 9.88 Å². The molecule has 1 fully saturated rings. The molecule has 0 atom stereocenters. The number of aromatic nitrogens is 1. The van der Waals surface area contributed by atoms with Crippen molar-refractivity contribution in [3.05, 3.63) is 71.7 Å². The van der Waals surface area contributed by atoms with Gasteiger partial charge in [0.1, 0.15) is 5.82 Å². The number of benzene rings is 2. The van der Waals surface area contributed by atoms with Crippen LogP contribution in [0.3, 0.4) is 0 Å². The second kappa shape index (κ2) is 7.13. The predicted octanol–water partition coefficient (Wildman–Crippen LogP) is 3.38. The molecule has 1 saturated heterocycles. The first-order valence-corrected chi connectivity index (χ1v) is 9.03. The van der Waals surface area contributed by atoms with Crippen molar-refractivity contribution < 1.29 is 9.18 Å². The van der Waals surface area contributed by atoms with Gasteiger partial charge in [-0.15, -0.1) is 5.10 Å². The molecule has 0 aliphatic carbocycles. The summed E-state index contributed by atoms with van der Waals surface area (Å²) in [5.74, 6) is 0.131. The van der Waals surface area contributed by atoms with Crippen molar-refractivity contribution in [2.75, 3.05) is 5.75 Å². The van der Waals surface area contributed by atoms with Crippen LogP contribution in [0.1, 0.15) is 11.1 Å². The number of nitrogens with one attached hydrogen (secondary N) is 1. The van der Waals surface area contributed by atoms with Crippen LogP contribution in [0, 0.1) is 5.82 Å². The number of nitrogens with zero attached hydrogens (tertiary/aromatic N) is 3. The molecule has 130 valence electrons. The number of carbonyl (C=O) groups excluding carboxylic acids is 1. The van der Waals surface area contributed by atoms with E-state index in [1.165, 1.54) is 17.8 Å². The number of fused-ring (bicyclic) bond motifs is 1. The number of rotatable bonds is 4. The fourth-order valence-electron chi connectivity index (χ4n) is 2.77. The third-order valence-corrected chi connectivity index (χ3v) is 4.90. The number of hydrogen-bond donors (Lipinski definition) is 1. The Kier molecular flexibility index (Phi) is 4.53. The molecule has 0 unspecified atom stereocenters. The number of amides is 1. The van der Waals surface area contributed by atoms with Crippen molar-refractivity contribution >= 4 is 40.0 Å². The number of amidine groups is 1. The summed E-state index contributed by atoms with van der Waals surface area (Å²) in [7, 11) is 0. The number of hydrogen-bond acceptors (Lipinski definition) is 4. The van der Waals surface area contributed by atoms with Gasteiger partial charge in [-0.2, -0.15) is 5.10 Å². The lowest BCUT2D eigenvalue weighted by Gasteiger charge is -2.07. The predicted molar refractivity (Wildman–Crippen MR) is 103 cm³/mol. The van der Waals surface area contributed by atoms with Crippen LogP contribution in [0.5, 0.6) is 0 Å². The second-order valence-electron chi connectivity index (χ2n) is 5.84. The first-order valence-electron chi connectivity index (χ1n) is 8.05. The molecule has 0 spiro atoms. The van der Waals surface area contributed by atoms with Gasteiger partial charge in [0.2, 0.25) is 5.91 Å². The molecular weight excluding hydrogens is 351 g/mol. The summed E-state index contributed by atoms with van der Waals surface area (Å²) in [6.07, 6.45) is 3.59. The van der Waals surface area contributed by atoms with E-state index < -0.39 is 0 Å². The van der Waals surface area contributed by atoms with Crippen LogP contribution in [0.15, 0.2) is 64.9 Å². The lowest BCUT2D eigenvalue weighted by Crippen LogP contribution is -2.19. The summed E-state index contributed by atoms with van der Waals surface area (Å²) in [6, 6.07) is 14.7. The van der Waals surface area contributed by atoms with Crippen LogP contribution < -0.4 is 5.32 Å². The van der Waals surface area contributed by atoms with E-state index in [-0.39, 0.29) is 11.7 Å². The minimum Gasteiger partial charge on any atom is -0.343 e. The van der Waals surface area contributed by atoms with Gasteiger partial charge in [0.05, 0.1) is 18.5 Å². The molecule has 1 N–H and O–H groups in total. The number of carbonyl (C=O) groups is 1. The Hall–Kier alpha value is -2.93. The summed E-state index contributed by atoms with van der Waals surface area (Å²) in [6.45, 7) is 0.480. The van der Waals surface area contributed by atoms with Gasteiger partial charge >= 0.3 is 0 Å². The molecule has 1 amide bonds. The molecule has 4 rings (SSSR count). The molecule has 1 aliphatic rings. The van der Waals surface area contributed by atoms with Gasteiger partial charge in [0.15, 0.2) is 5.17 Å². The Morgan fingerprint density at radius 2 is 2.12 bits per heavy atom. The quantitative estimate of drug-likeness (QED) is 0.568. The van der Waals surface area contributed by atoms with Gasteiger partial charge < -0.3 is 9.88 Å². The molecule has 0 bridgehead atoms. The van der Waals surface area contributed by atoms with Gasteiger partial charge in [-0.05, 0) is 29.8 Å². The molecule has 2 aromatic carbocycles. The standard InChI is InChI=1S/C19H15FN4OS/c20-16-4-2-1-3-15(16)11-24-8-7-14-9-13(5-6-17(14)24)10-21-23-19-22-18(25)12-26-19/h1-10H,11-12H2,(H,22,23,25). The van der Waals surface area contributed by atoms with Crippen LogP contribution in [-0.2, 0) is 11.3 Å². The van der Waals surface area contributed by atoms with Crippen molar-refractivity contribution in [3.63, 3.8) is 0 Å². The van der Waals surface area contributed by atoms with E-state index in [0.29, 0.717) is 23.0 Å². The van der Waals surface area contributed by atoms with E-state index >= 15 is 0 Å². The third-order valence-electron chi connectivity index (χ3n) is 4.04. The Bertz CT molecular complexity index is 1040. The van der Waals surface area contributed by atoms with E-state index in [1.54, 1.807) is 18.3 Å². The Balaban J connectivity index is 1.54. The molecule has 7 heteroatoms.